The summed E-state index contributed by atoms with van der Waals surface area (Å²) in [5.41, 5.74) is -0.278. The molecule has 21 heavy (non-hydrogen) atoms. The molecule has 6 heteroatoms. The fraction of sp³-hybridized carbons (Fsp3) is 0.467. The Labute approximate surface area is 120 Å². The second kappa shape index (κ2) is 6.17. The van der Waals surface area contributed by atoms with Gasteiger partial charge in [0.2, 0.25) is 5.91 Å². The molecule has 0 saturated heterocycles. The van der Waals surface area contributed by atoms with E-state index in [0.29, 0.717) is 5.56 Å². The summed E-state index contributed by atoms with van der Waals surface area (Å²) in [6.07, 6.45) is -1.95. The van der Waals surface area contributed by atoms with Gasteiger partial charge in [-0.1, -0.05) is 18.6 Å². The Balaban J connectivity index is 2.24. The Morgan fingerprint density at radius 2 is 2.14 bits per heavy atom. The molecule has 2 rings (SSSR count). The van der Waals surface area contributed by atoms with Gasteiger partial charge in [0.25, 0.3) is 0 Å². The van der Waals surface area contributed by atoms with Crippen LogP contribution in [0.15, 0.2) is 24.3 Å². The number of halogens is 3. The summed E-state index contributed by atoms with van der Waals surface area (Å²) in [7, 11) is 0. The van der Waals surface area contributed by atoms with Crippen molar-refractivity contribution in [2.75, 3.05) is 0 Å². The lowest BCUT2D eigenvalue weighted by atomic mass is 9.77. The van der Waals surface area contributed by atoms with Gasteiger partial charge in [0.1, 0.15) is 6.42 Å². The number of carbonyl (C=O) groups is 1. The first-order valence-electron chi connectivity index (χ1n) is 6.75. The lowest BCUT2D eigenvalue weighted by molar-refractivity contribution is -0.137. The first-order chi connectivity index (χ1) is 9.91. The fourth-order valence-corrected chi connectivity index (χ4v) is 2.45. The summed E-state index contributed by atoms with van der Waals surface area (Å²) >= 11 is 0. The van der Waals surface area contributed by atoms with Crippen molar-refractivity contribution in [2.45, 2.75) is 37.9 Å². The van der Waals surface area contributed by atoms with Gasteiger partial charge < -0.3 is 5.32 Å². The van der Waals surface area contributed by atoms with Crippen LogP contribution in [0.25, 0.3) is 0 Å². The SMILES string of the molecule is N#CCC(=O)N[C@H](c1cccc(C(F)(F)F)c1)C1CCC1. The molecule has 0 unspecified atom stereocenters. The molecule has 1 amide bonds. The molecular weight excluding hydrogens is 281 g/mol. The van der Waals surface area contributed by atoms with Crippen molar-refractivity contribution in [3.63, 3.8) is 0 Å². The van der Waals surface area contributed by atoms with Gasteiger partial charge in [-0.05, 0) is 36.5 Å². The van der Waals surface area contributed by atoms with Gasteiger partial charge in [0, 0.05) is 0 Å². The number of hydrogen-bond acceptors (Lipinski definition) is 2. The number of rotatable bonds is 4. The van der Waals surface area contributed by atoms with Gasteiger partial charge in [0.05, 0.1) is 17.7 Å². The highest BCUT2D eigenvalue weighted by molar-refractivity contribution is 5.78. The highest BCUT2D eigenvalue weighted by Gasteiger charge is 2.33. The molecular formula is C15H15F3N2O. The minimum absolute atomic E-state index is 0.135. The van der Waals surface area contributed by atoms with E-state index in [-0.39, 0.29) is 12.3 Å². The molecule has 0 spiro atoms. The molecule has 1 fully saturated rings. The van der Waals surface area contributed by atoms with Crippen LogP contribution in [0.4, 0.5) is 13.2 Å². The predicted octanol–water partition coefficient (Wildman–Crippen LogP) is 3.58. The minimum Gasteiger partial charge on any atom is -0.348 e. The van der Waals surface area contributed by atoms with Crippen LogP contribution >= 0.6 is 0 Å². The molecule has 1 aromatic carbocycles. The van der Waals surface area contributed by atoms with E-state index in [0.717, 1.165) is 31.4 Å². The number of alkyl halides is 3. The van der Waals surface area contributed by atoms with E-state index in [9.17, 15) is 18.0 Å². The Hall–Kier alpha value is -2.03. The van der Waals surface area contributed by atoms with Gasteiger partial charge in [0.15, 0.2) is 0 Å². The zero-order valence-corrected chi connectivity index (χ0v) is 11.3. The number of hydrogen-bond donors (Lipinski definition) is 1. The summed E-state index contributed by atoms with van der Waals surface area (Å²) < 4.78 is 38.3. The van der Waals surface area contributed by atoms with Crippen molar-refractivity contribution in [2.24, 2.45) is 5.92 Å². The van der Waals surface area contributed by atoms with E-state index in [4.69, 9.17) is 5.26 Å². The molecule has 0 aliphatic heterocycles. The van der Waals surface area contributed by atoms with E-state index in [1.807, 2.05) is 0 Å². The van der Waals surface area contributed by atoms with E-state index < -0.39 is 23.7 Å². The molecule has 3 nitrogen and oxygen atoms in total. The Morgan fingerprint density at radius 3 is 2.67 bits per heavy atom. The van der Waals surface area contributed by atoms with Crippen LogP contribution < -0.4 is 5.32 Å². The lowest BCUT2D eigenvalue weighted by Gasteiger charge is -2.34. The van der Waals surface area contributed by atoms with Crippen LogP contribution in [-0.2, 0) is 11.0 Å². The number of carbonyl (C=O) groups excluding carboxylic acids is 1. The summed E-state index contributed by atoms with van der Waals surface area (Å²) in [6, 6.07) is 6.31. The maximum absolute atomic E-state index is 12.8. The Bertz CT molecular complexity index is 559. The van der Waals surface area contributed by atoms with Gasteiger partial charge in [-0.15, -0.1) is 0 Å². The number of amides is 1. The molecule has 0 aromatic heterocycles. The summed E-state index contributed by atoms with van der Waals surface area (Å²) in [4.78, 5) is 11.6. The largest absolute Gasteiger partial charge is 0.416 e. The van der Waals surface area contributed by atoms with Crippen molar-refractivity contribution in [1.29, 1.82) is 5.26 Å². The molecule has 1 aromatic rings. The normalized spacial score (nSPS) is 16.7. The summed E-state index contributed by atoms with van der Waals surface area (Å²) in [5, 5.41) is 11.2. The van der Waals surface area contributed by atoms with Crippen molar-refractivity contribution < 1.29 is 18.0 Å². The quantitative estimate of drug-likeness (QED) is 0.923. The topological polar surface area (TPSA) is 52.9 Å². The minimum atomic E-state index is -4.41. The van der Waals surface area contributed by atoms with Crippen molar-refractivity contribution in [3.05, 3.63) is 35.4 Å². The molecule has 1 saturated carbocycles. The molecule has 1 N–H and O–H groups in total. The highest BCUT2D eigenvalue weighted by Crippen LogP contribution is 2.39. The van der Waals surface area contributed by atoms with Crippen LogP contribution in [0.1, 0.15) is 42.9 Å². The van der Waals surface area contributed by atoms with Gasteiger partial charge in [-0.25, -0.2) is 0 Å². The average molecular weight is 296 g/mol. The third-order valence-electron chi connectivity index (χ3n) is 3.75. The monoisotopic (exact) mass is 296 g/mol. The van der Waals surface area contributed by atoms with Crippen molar-refractivity contribution in [3.8, 4) is 6.07 Å². The molecule has 1 aliphatic carbocycles. The van der Waals surface area contributed by atoms with Crippen LogP contribution in [0.3, 0.4) is 0 Å². The van der Waals surface area contributed by atoms with Crippen LogP contribution in [0.2, 0.25) is 0 Å². The van der Waals surface area contributed by atoms with Crippen LogP contribution in [0.5, 0.6) is 0 Å². The summed E-state index contributed by atoms with van der Waals surface area (Å²) in [6.45, 7) is 0. The number of nitriles is 1. The predicted molar refractivity (Wildman–Crippen MR) is 69.9 cm³/mol. The maximum atomic E-state index is 12.8. The number of benzene rings is 1. The van der Waals surface area contributed by atoms with E-state index >= 15 is 0 Å². The standard InChI is InChI=1S/C15H15F3N2O/c16-15(17,18)12-6-2-5-11(9-12)14(10-3-1-4-10)20-13(21)7-8-19/h2,5-6,9-10,14H,1,3-4,7H2,(H,20,21)/t14-/m0/s1. The second-order valence-electron chi connectivity index (χ2n) is 5.19. The number of nitrogens with one attached hydrogen (secondary N) is 1. The first-order valence-corrected chi connectivity index (χ1v) is 6.75. The van der Waals surface area contributed by atoms with Gasteiger partial charge in [-0.2, -0.15) is 18.4 Å². The van der Waals surface area contributed by atoms with Gasteiger partial charge in [-0.3, -0.25) is 4.79 Å². The third kappa shape index (κ3) is 3.75. The van der Waals surface area contributed by atoms with Crippen molar-refractivity contribution in [1.82, 2.24) is 5.32 Å². The molecule has 0 radical (unpaired) electrons. The maximum Gasteiger partial charge on any atom is 0.416 e. The molecule has 0 bridgehead atoms. The van der Waals surface area contributed by atoms with E-state index in [2.05, 4.69) is 5.32 Å². The van der Waals surface area contributed by atoms with Gasteiger partial charge >= 0.3 is 6.18 Å². The fourth-order valence-electron chi connectivity index (χ4n) is 2.45. The summed E-state index contributed by atoms with van der Waals surface area (Å²) in [5.74, 6) is -0.317. The first kappa shape index (κ1) is 15.4. The molecule has 1 aliphatic rings. The Kier molecular flexibility index (Phi) is 4.51. The third-order valence-corrected chi connectivity index (χ3v) is 3.75. The van der Waals surface area contributed by atoms with Crippen LogP contribution in [0, 0.1) is 17.2 Å². The number of nitrogens with zero attached hydrogens (tertiary/aromatic N) is 1. The van der Waals surface area contributed by atoms with E-state index in [1.54, 1.807) is 12.1 Å². The molecule has 1 atom stereocenters. The lowest BCUT2D eigenvalue weighted by Crippen LogP contribution is -2.36. The molecule has 112 valence electrons. The van der Waals surface area contributed by atoms with Crippen LogP contribution in [-0.4, -0.2) is 5.91 Å². The van der Waals surface area contributed by atoms with Crippen molar-refractivity contribution >= 4 is 5.91 Å². The highest BCUT2D eigenvalue weighted by atomic mass is 19.4. The smallest absolute Gasteiger partial charge is 0.348 e. The Morgan fingerprint density at radius 1 is 1.43 bits per heavy atom. The zero-order valence-electron chi connectivity index (χ0n) is 11.3. The van der Waals surface area contributed by atoms with E-state index in [1.165, 1.54) is 6.07 Å². The average Bonchev–Trinajstić information content (AvgIpc) is 2.35. The molecule has 0 heterocycles. The second-order valence-corrected chi connectivity index (χ2v) is 5.19. The zero-order chi connectivity index (χ0) is 15.5.